The number of hydrogen-bond donors (Lipinski definition) is 1. The number of pyridine rings is 2. The zero-order chi connectivity index (χ0) is 20.8. The predicted molar refractivity (Wildman–Crippen MR) is 103 cm³/mol. The number of rotatable bonds is 6. The normalized spacial score (nSPS) is 11.4. The summed E-state index contributed by atoms with van der Waals surface area (Å²) in [6, 6.07) is 10.7. The number of aromatic nitrogens is 2. The number of nitrogens with one attached hydrogen (secondary N) is 1. The molecule has 1 N–H and O–H groups in total. The van der Waals surface area contributed by atoms with Crippen LogP contribution in [0.3, 0.4) is 0 Å². The van der Waals surface area contributed by atoms with Crippen LogP contribution in [0.2, 0.25) is 0 Å². The molecule has 29 heavy (non-hydrogen) atoms. The SMILES string of the molecule is Cc1ccc(NC(=O)C(C)OC(=O)c2cccnc2Oc2cccnc2)cc1F. The highest BCUT2D eigenvalue weighted by Crippen LogP contribution is 2.23. The van der Waals surface area contributed by atoms with Crippen molar-refractivity contribution in [1.29, 1.82) is 0 Å². The molecule has 7 nitrogen and oxygen atoms in total. The number of amides is 1. The van der Waals surface area contributed by atoms with Gasteiger partial charge < -0.3 is 14.8 Å². The molecule has 0 saturated carbocycles. The average Bonchev–Trinajstić information content (AvgIpc) is 2.72. The van der Waals surface area contributed by atoms with Crippen LogP contribution in [0, 0.1) is 12.7 Å². The standard InChI is InChI=1S/C21H18FN3O4/c1-13-7-8-15(11-18(13)22)25-19(26)14(2)28-21(27)17-6-4-10-24-20(17)29-16-5-3-9-23-12-16/h3-12,14H,1-2H3,(H,25,26). The first-order chi connectivity index (χ1) is 13.9. The number of carbonyl (C=O) groups excluding carboxylic acids is 2. The lowest BCUT2D eigenvalue weighted by atomic mass is 10.2. The maximum absolute atomic E-state index is 13.6. The molecule has 0 aliphatic carbocycles. The molecule has 0 aliphatic heterocycles. The highest BCUT2D eigenvalue weighted by atomic mass is 19.1. The van der Waals surface area contributed by atoms with E-state index in [1.807, 2.05) is 0 Å². The summed E-state index contributed by atoms with van der Waals surface area (Å²) in [4.78, 5) is 32.8. The van der Waals surface area contributed by atoms with Gasteiger partial charge in [-0.3, -0.25) is 9.78 Å². The van der Waals surface area contributed by atoms with Crippen LogP contribution in [-0.2, 0) is 9.53 Å². The Morgan fingerprint density at radius 1 is 1.14 bits per heavy atom. The number of carbonyl (C=O) groups is 2. The second-order valence-corrected chi connectivity index (χ2v) is 6.15. The number of ether oxygens (including phenoxy) is 2. The fraction of sp³-hybridized carbons (Fsp3) is 0.143. The first kappa shape index (κ1) is 19.9. The molecule has 3 rings (SSSR count). The molecule has 8 heteroatoms. The second kappa shape index (κ2) is 8.92. The summed E-state index contributed by atoms with van der Waals surface area (Å²) in [6.07, 6.45) is 3.39. The number of hydrogen-bond acceptors (Lipinski definition) is 6. The number of esters is 1. The summed E-state index contributed by atoms with van der Waals surface area (Å²) in [6.45, 7) is 3.03. The zero-order valence-corrected chi connectivity index (χ0v) is 15.8. The van der Waals surface area contributed by atoms with E-state index in [9.17, 15) is 14.0 Å². The van der Waals surface area contributed by atoms with Crippen molar-refractivity contribution in [2.45, 2.75) is 20.0 Å². The quantitative estimate of drug-likeness (QED) is 0.637. The molecular formula is C21H18FN3O4. The van der Waals surface area contributed by atoms with E-state index in [1.54, 1.807) is 43.5 Å². The van der Waals surface area contributed by atoms with Crippen molar-refractivity contribution in [3.63, 3.8) is 0 Å². The molecule has 1 aromatic carbocycles. The lowest BCUT2D eigenvalue weighted by molar-refractivity contribution is -0.123. The van der Waals surface area contributed by atoms with Crippen LogP contribution >= 0.6 is 0 Å². The van der Waals surface area contributed by atoms with Gasteiger partial charge in [-0.15, -0.1) is 0 Å². The molecule has 3 aromatic rings. The van der Waals surface area contributed by atoms with Crippen LogP contribution in [-0.4, -0.2) is 27.9 Å². The van der Waals surface area contributed by atoms with Crippen molar-refractivity contribution in [2.24, 2.45) is 0 Å². The van der Waals surface area contributed by atoms with Crippen molar-refractivity contribution in [1.82, 2.24) is 9.97 Å². The molecular weight excluding hydrogens is 377 g/mol. The number of nitrogens with zero attached hydrogens (tertiary/aromatic N) is 2. The van der Waals surface area contributed by atoms with Crippen molar-refractivity contribution >= 4 is 17.6 Å². The zero-order valence-electron chi connectivity index (χ0n) is 15.8. The molecule has 1 unspecified atom stereocenters. The molecule has 0 fully saturated rings. The van der Waals surface area contributed by atoms with E-state index in [2.05, 4.69) is 15.3 Å². The van der Waals surface area contributed by atoms with Crippen LogP contribution in [0.15, 0.2) is 61.1 Å². The predicted octanol–water partition coefficient (Wildman–Crippen LogP) is 3.90. The Balaban J connectivity index is 1.68. The molecule has 0 spiro atoms. The van der Waals surface area contributed by atoms with Gasteiger partial charge in [-0.25, -0.2) is 14.2 Å². The molecule has 0 aliphatic rings. The largest absolute Gasteiger partial charge is 0.449 e. The third-order valence-electron chi connectivity index (χ3n) is 3.93. The average molecular weight is 395 g/mol. The van der Waals surface area contributed by atoms with E-state index in [1.165, 1.54) is 31.5 Å². The van der Waals surface area contributed by atoms with Gasteiger partial charge in [-0.05, 0) is 55.8 Å². The van der Waals surface area contributed by atoms with Crippen molar-refractivity contribution in [3.05, 3.63) is 78.0 Å². The first-order valence-corrected chi connectivity index (χ1v) is 8.75. The number of halogens is 1. The molecule has 1 amide bonds. The van der Waals surface area contributed by atoms with Gasteiger partial charge in [0.05, 0.1) is 6.20 Å². The summed E-state index contributed by atoms with van der Waals surface area (Å²) in [5.74, 6) is -1.40. The van der Waals surface area contributed by atoms with E-state index < -0.39 is 23.8 Å². The molecule has 2 aromatic heterocycles. The Kier molecular flexibility index (Phi) is 6.13. The molecule has 2 heterocycles. The molecule has 0 radical (unpaired) electrons. The smallest absolute Gasteiger partial charge is 0.344 e. The van der Waals surface area contributed by atoms with Gasteiger partial charge in [0, 0.05) is 18.1 Å². The summed E-state index contributed by atoms with van der Waals surface area (Å²) in [5.41, 5.74) is 0.778. The van der Waals surface area contributed by atoms with Gasteiger partial charge in [0.15, 0.2) is 6.10 Å². The van der Waals surface area contributed by atoms with Gasteiger partial charge in [-0.2, -0.15) is 0 Å². The minimum Gasteiger partial charge on any atom is -0.449 e. The fourth-order valence-corrected chi connectivity index (χ4v) is 2.34. The molecule has 0 bridgehead atoms. The lowest BCUT2D eigenvalue weighted by Gasteiger charge is -2.15. The molecule has 148 valence electrons. The van der Waals surface area contributed by atoms with Gasteiger partial charge in [0.25, 0.3) is 5.91 Å². The minimum atomic E-state index is -1.13. The summed E-state index contributed by atoms with van der Waals surface area (Å²) in [7, 11) is 0. The summed E-state index contributed by atoms with van der Waals surface area (Å²) < 4.78 is 24.4. The Morgan fingerprint density at radius 3 is 2.66 bits per heavy atom. The van der Waals surface area contributed by atoms with E-state index in [4.69, 9.17) is 9.47 Å². The second-order valence-electron chi connectivity index (χ2n) is 6.15. The summed E-state index contributed by atoms with van der Waals surface area (Å²) >= 11 is 0. The maximum atomic E-state index is 13.6. The van der Waals surface area contributed by atoms with Crippen LogP contribution < -0.4 is 10.1 Å². The first-order valence-electron chi connectivity index (χ1n) is 8.75. The fourth-order valence-electron chi connectivity index (χ4n) is 2.34. The lowest BCUT2D eigenvalue weighted by Crippen LogP contribution is -2.30. The van der Waals surface area contributed by atoms with Crippen LogP contribution in [0.5, 0.6) is 11.6 Å². The Labute approximate surface area is 166 Å². The van der Waals surface area contributed by atoms with E-state index >= 15 is 0 Å². The van der Waals surface area contributed by atoms with Crippen molar-refractivity contribution in [3.8, 4) is 11.6 Å². The van der Waals surface area contributed by atoms with E-state index in [0.717, 1.165) is 0 Å². The monoisotopic (exact) mass is 395 g/mol. The number of benzene rings is 1. The van der Waals surface area contributed by atoms with Crippen molar-refractivity contribution < 1.29 is 23.5 Å². The van der Waals surface area contributed by atoms with Crippen molar-refractivity contribution in [2.75, 3.05) is 5.32 Å². The summed E-state index contributed by atoms with van der Waals surface area (Å²) in [5, 5.41) is 2.51. The third kappa shape index (κ3) is 5.13. The molecule has 0 saturated heterocycles. The van der Waals surface area contributed by atoms with E-state index in [-0.39, 0.29) is 17.1 Å². The van der Waals surface area contributed by atoms with Gasteiger partial charge >= 0.3 is 5.97 Å². The Bertz CT molecular complexity index is 1030. The number of anilines is 1. The van der Waals surface area contributed by atoms with E-state index in [0.29, 0.717) is 11.3 Å². The highest BCUT2D eigenvalue weighted by molar-refractivity contribution is 5.98. The highest BCUT2D eigenvalue weighted by Gasteiger charge is 2.22. The van der Waals surface area contributed by atoms with Gasteiger partial charge in [0.2, 0.25) is 5.88 Å². The third-order valence-corrected chi connectivity index (χ3v) is 3.93. The Hall–Kier alpha value is -3.81. The maximum Gasteiger partial charge on any atom is 0.344 e. The topological polar surface area (TPSA) is 90.4 Å². The van der Waals surface area contributed by atoms with Gasteiger partial charge in [-0.1, -0.05) is 6.07 Å². The number of aryl methyl sites for hydroxylation is 1. The van der Waals surface area contributed by atoms with Crippen LogP contribution in [0.1, 0.15) is 22.8 Å². The Morgan fingerprint density at radius 2 is 1.93 bits per heavy atom. The van der Waals surface area contributed by atoms with Crippen LogP contribution in [0.25, 0.3) is 0 Å². The minimum absolute atomic E-state index is 0.0266. The van der Waals surface area contributed by atoms with Crippen LogP contribution in [0.4, 0.5) is 10.1 Å². The van der Waals surface area contributed by atoms with Gasteiger partial charge in [0.1, 0.15) is 17.1 Å². The molecule has 1 atom stereocenters.